The Morgan fingerprint density at radius 2 is 2.00 bits per heavy atom. The summed E-state index contributed by atoms with van der Waals surface area (Å²) >= 11 is 0. The van der Waals surface area contributed by atoms with Crippen LogP contribution in [0, 0.1) is 22.7 Å². The molecule has 176 valence electrons. The summed E-state index contributed by atoms with van der Waals surface area (Å²) in [5.74, 6) is 0.817. The van der Waals surface area contributed by atoms with E-state index in [1.807, 2.05) is 22.9 Å². The van der Waals surface area contributed by atoms with Crippen LogP contribution >= 0.6 is 0 Å². The highest BCUT2D eigenvalue weighted by Gasteiger charge is 2.27. The lowest BCUT2D eigenvalue weighted by Crippen LogP contribution is -2.40. The average molecular weight is 476 g/mol. The summed E-state index contributed by atoms with van der Waals surface area (Å²) in [6.07, 6.45) is 7.79. The predicted octanol–water partition coefficient (Wildman–Crippen LogP) is 4.38. The fourth-order valence-corrected chi connectivity index (χ4v) is 4.49. The van der Waals surface area contributed by atoms with Crippen molar-refractivity contribution in [1.82, 2.24) is 24.6 Å². The molecule has 1 aliphatic rings. The molecule has 1 aromatic carbocycles. The van der Waals surface area contributed by atoms with E-state index in [2.05, 4.69) is 22.6 Å². The molecule has 1 unspecified atom stereocenters. The number of piperidine rings is 1. The van der Waals surface area contributed by atoms with E-state index in [0.29, 0.717) is 41.4 Å². The second-order valence-electron chi connectivity index (χ2n) is 8.36. The Morgan fingerprint density at radius 1 is 1.17 bits per heavy atom. The molecule has 4 heterocycles. The van der Waals surface area contributed by atoms with E-state index in [1.165, 1.54) is 18.5 Å². The SMILES string of the molecule is C=CC(=O)N1CCCC(n2nc(-c3ccc(Oc4cccnc4C#N)cc3)c3cncc(C#N)c32)C1. The molecule has 0 radical (unpaired) electrons. The zero-order chi connectivity index (χ0) is 25.1. The van der Waals surface area contributed by atoms with Gasteiger partial charge in [-0.1, -0.05) is 6.58 Å². The van der Waals surface area contributed by atoms with Crippen molar-refractivity contribution < 1.29 is 9.53 Å². The minimum atomic E-state index is -0.109. The van der Waals surface area contributed by atoms with E-state index in [9.17, 15) is 15.3 Å². The molecule has 0 saturated carbocycles. The van der Waals surface area contributed by atoms with Crippen molar-refractivity contribution in [2.24, 2.45) is 0 Å². The van der Waals surface area contributed by atoms with Crippen molar-refractivity contribution in [1.29, 1.82) is 10.5 Å². The maximum Gasteiger partial charge on any atom is 0.246 e. The fraction of sp³-hybridized carbons (Fsp3) is 0.185. The Kier molecular flexibility index (Phi) is 6.12. The lowest BCUT2D eigenvalue weighted by molar-refractivity contribution is -0.127. The zero-order valence-electron chi connectivity index (χ0n) is 19.3. The van der Waals surface area contributed by atoms with Gasteiger partial charge in [0.2, 0.25) is 5.91 Å². The molecule has 9 heteroatoms. The first-order valence-electron chi connectivity index (χ1n) is 11.4. The van der Waals surface area contributed by atoms with Gasteiger partial charge in [0.1, 0.15) is 23.6 Å². The monoisotopic (exact) mass is 475 g/mol. The van der Waals surface area contributed by atoms with E-state index in [-0.39, 0.29) is 17.6 Å². The first-order valence-corrected chi connectivity index (χ1v) is 11.4. The van der Waals surface area contributed by atoms with E-state index in [1.54, 1.807) is 35.4 Å². The summed E-state index contributed by atoms with van der Waals surface area (Å²) in [4.78, 5) is 22.3. The van der Waals surface area contributed by atoms with Crippen molar-refractivity contribution in [3.05, 3.63) is 78.9 Å². The third kappa shape index (κ3) is 4.15. The number of carbonyl (C=O) groups excluding carboxylic acids is 1. The molecule has 0 N–H and O–H groups in total. The first kappa shape index (κ1) is 22.8. The lowest BCUT2D eigenvalue weighted by Gasteiger charge is -2.32. The minimum absolute atomic E-state index is 0.0778. The Morgan fingerprint density at radius 3 is 2.75 bits per heavy atom. The van der Waals surface area contributed by atoms with Crippen molar-refractivity contribution in [3.63, 3.8) is 0 Å². The van der Waals surface area contributed by atoms with Crippen LogP contribution in [0.1, 0.15) is 30.1 Å². The zero-order valence-corrected chi connectivity index (χ0v) is 19.3. The van der Waals surface area contributed by atoms with Crippen LogP contribution in [0.3, 0.4) is 0 Å². The predicted molar refractivity (Wildman–Crippen MR) is 132 cm³/mol. The molecular formula is C27H21N7O2. The van der Waals surface area contributed by atoms with Gasteiger partial charge in [-0.2, -0.15) is 15.6 Å². The van der Waals surface area contributed by atoms with Gasteiger partial charge in [0.15, 0.2) is 11.4 Å². The number of nitrogens with zero attached hydrogens (tertiary/aromatic N) is 7. The number of fused-ring (bicyclic) bond motifs is 1. The first-order chi connectivity index (χ1) is 17.6. The molecule has 1 fully saturated rings. The van der Waals surface area contributed by atoms with Crippen molar-refractivity contribution in [2.45, 2.75) is 18.9 Å². The largest absolute Gasteiger partial charge is 0.454 e. The average Bonchev–Trinajstić information content (AvgIpc) is 3.33. The van der Waals surface area contributed by atoms with Crippen molar-refractivity contribution in [3.8, 4) is 34.9 Å². The van der Waals surface area contributed by atoms with Gasteiger partial charge in [0.05, 0.1) is 17.1 Å². The minimum Gasteiger partial charge on any atom is -0.454 e. The number of carbonyl (C=O) groups is 1. The highest BCUT2D eigenvalue weighted by molar-refractivity contribution is 5.95. The Hall–Kier alpha value is -5.02. The summed E-state index contributed by atoms with van der Waals surface area (Å²) in [6.45, 7) is 4.77. The third-order valence-corrected chi connectivity index (χ3v) is 6.19. The maximum absolute atomic E-state index is 12.2. The maximum atomic E-state index is 12.2. The number of hydrogen-bond acceptors (Lipinski definition) is 7. The summed E-state index contributed by atoms with van der Waals surface area (Å²) in [5, 5.41) is 24.7. The molecule has 36 heavy (non-hydrogen) atoms. The van der Waals surface area contributed by atoms with Crippen LogP contribution in [-0.2, 0) is 4.79 Å². The number of hydrogen-bond donors (Lipinski definition) is 0. The highest BCUT2D eigenvalue weighted by atomic mass is 16.5. The molecule has 0 aliphatic carbocycles. The van der Waals surface area contributed by atoms with Gasteiger partial charge in [-0.05, 0) is 55.3 Å². The molecule has 9 nitrogen and oxygen atoms in total. The summed E-state index contributed by atoms with van der Waals surface area (Å²) < 4.78 is 7.72. The van der Waals surface area contributed by atoms with Crippen LogP contribution in [0.15, 0.2) is 67.6 Å². The van der Waals surface area contributed by atoms with Gasteiger partial charge < -0.3 is 9.64 Å². The summed E-state index contributed by atoms with van der Waals surface area (Å²) in [6, 6.07) is 14.9. The quantitative estimate of drug-likeness (QED) is 0.393. The number of aromatic nitrogens is 4. The van der Waals surface area contributed by atoms with Crippen LogP contribution in [0.25, 0.3) is 22.2 Å². The van der Waals surface area contributed by atoms with Crippen LogP contribution in [-0.4, -0.2) is 43.6 Å². The third-order valence-electron chi connectivity index (χ3n) is 6.19. The highest BCUT2D eigenvalue weighted by Crippen LogP contribution is 2.35. The number of amides is 1. The van der Waals surface area contributed by atoms with Crippen LogP contribution < -0.4 is 4.74 Å². The normalized spacial score (nSPS) is 15.2. The molecule has 0 bridgehead atoms. The van der Waals surface area contributed by atoms with Gasteiger partial charge in [0, 0.05) is 42.6 Å². The molecule has 3 aromatic heterocycles. The lowest BCUT2D eigenvalue weighted by atomic mass is 10.0. The van der Waals surface area contributed by atoms with Crippen molar-refractivity contribution >= 4 is 16.8 Å². The molecule has 1 amide bonds. The second-order valence-corrected chi connectivity index (χ2v) is 8.36. The van der Waals surface area contributed by atoms with Crippen LogP contribution in [0.5, 0.6) is 11.5 Å². The van der Waals surface area contributed by atoms with E-state index < -0.39 is 0 Å². The number of likely N-dealkylation sites (tertiary alicyclic amines) is 1. The molecular weight excluding hydrogens is 454 g/mol. The fourth-order valence-electron chi connectivity index (χ4n) is 4.49. The summed E-state index contributed by atoms with van der Waals surface area (Å²) in [5.41, 5.74) is 2.85. The van der Waals surface area contributed by atoms with Crippen LogP contribution in [0.4, 0.5) is 0 Å². The number of ether oxygens (including phenoxy) is 1. The van der Waals surface area contributed by atoms with E-state index in [0.717, 1.165) is 23.8 Å². The van der Waals surface area contributed by atoms with Crippen molar-refractivity contribution in [2.75, 3.05) is 13.1 Å². The van der Waals surface area contributed by atoms with Crippen LogP contribution in [0.2, 0.25) is 0 Å². The Balaban J connectivity index is 1.52. The van der Waals surface area contributed by atoms with Gasteiger partial charge in [0.25, 0.3) is 0 Å². The Labute approximate surface area is 207 Å². The molecule has 1 atom stereocenters. The number of pyridine rings is 2. The van der Waals surface area contributed by atoms with Gasteiger partial charge in [-0.3, -0.25) is 14.5 Å². The second kappa shape index (κ2) is 9.69. The molecule has 1 saturated heterocycles. The molecule has 5 rings (SSSR count). The Bertz CT molecular complexity index is 1540. The van der Waals surface area contributed by atoms with Gasteiger partial charge in [-0.15, -0.1) is 0 Å². The molecule has 4 aromatic rings. The number of rotatable bonds is 5. The topological polar surface area (TPSA) is 121 Å². The smallest absolute Gasteiger partial charge is 0.246 e. The molecule has 1 aliphatic heterocycles. The van der Waals surface area contributed by atoms with E-state index in [4.69, 9.17) is 9.84 Å². The van der Waals surface area contributed by atoms with E-state index >= 15 is 0 Å². The standard InChI is InChI=1S/C27H21N7O2/c1-2-25(35)33-12-4-5-20(17-33)34-27-19(13-28)15-30-16-22(27)26(32-34)18-7-9-21(10-8-18)36-24-6-3-11-31-23(24)14-29/h2-3,6-11,15-16,20H,1,4-5,12,17H2. The molecule has 0 spiro atoms. The number of nitriles is 2. The summed E-state index contributed by atoms with van der Waals surface area (Å²) in [7, 11) is 0. The van der Waals surface area contributed by atoms with Gasteiger partial charge in [-0.25, -0.2) is 4.98 Å². The number of benzene rings is 1. The van der Waals surface area contributed by atoms with Gasteiger partial charge >= 0.3 is 0 Å².